The van der Waals surface area contributed by atoms with E-state index in [-0.39, 0.29) is 6.10 Å². The number of ether oxygens (including phenoxy) is 2. The molecule has 0 saturated carbocycles. The van der Waals surface area contributed by atoms with E-state index >= 15 is 0 Å². The molecule has 1 unspecified atom stereocenters. The van der Waals surface area contributed by atoms with E-state index in [1.165, 1.54) is 0 Å². The third kappa shape index (κ3) is 2.93. The van der Waals surface area contributed by atoms with E-state index in [9.17, 15) is 0 Å². The van der Waals surface area contributed by atoms with E-state index in [4.69, 9.17) is 15.2 Å². The Balaban J connectivity index is 1.92. The Morgan fingerprint density at radius 1 is 1.53 bits per heavy atom. The van der Waals surface area contributed by atoms with Crippen molar-refractivity contribution in [2.75, 3.05) is 18.9 Å². The molecule has 1 aliphatic rings. The molecule has 1 heterocycles. The molecule has 1 aromatic rings. The van der Waals surface area contributed by atoms with Crippen LogP contribution in [0.2, 0.25) is 0 Å². The first-order valence-corrected chi connectivity index (χ1v) is 5.78. The predicted octanol–water partition coefficient (Wildman–Crippen LogP) is 2.34. The van der Waals surface area contributed by atoms with Crippen LogP contribution in [-0.4, -0.2) is 19.3 Å². The van der Waals surface area contributed by atoms with Crippen LogP contribution in [0.15, 0.2) is 22.7 Å². The fourth-order valence-corrected chi connectivity index (χ4v) is 1.93. The molecule has 0 bridgehead atoms. The van der Waals surface area contributed by atoms with Crippen LogP contribution in [0, 0.1) is 0 Å². The number of rotatable bonds is 3. The molecule has 15 heavy (non-hydrogen) atoms. The summed E-state index contributed by atoms with van der Waals surface area (Å²) in [5.74, 6) is 0. The van der Waals surface area contributed by atoms with Gasteiger partial charge in [-0.15, -0.1) is 0 Å². The van der Waals surface area contributed by atoms with Crippen molar-refractivity contribution < 1.29 is 9.47 Å². The summed E-state index contributed by atoms with van der Waals surface area (Å²) >= 11 is 3.37. The SMILES string of the molecule is Nc1cc(Br)ccc1COC1CCOC1. The minimum Gasteiger partial charge on any atom is -0.398 e. The summed E-state index contributed by atoms with van der Waals surface area (Å²) in [6.07, 6.45) is 1.21. The summed E-state index contributed by atoms with van der Waals surface area (Å²) in [5.41, 5.74) is 7.66. The molecular formula is C11H14BrNO2. The van der Waals surface area contributed by atoms with Gasteiger partial charge in [-0.25, -0.2) is 0 Å². The van der Waals surface area contributed by atoms with Crippen molar-refractivity contribution in [1.29, 1.82) is 0 Å². The van der Waals surface area contributed by atoms with E-state index in [2.05, 4.69) is 15.9 Å². The number of halogens is 1. The Morgan fingerprint density at radius 2 is 2.40 bits per heavy atom. The van der Waals surface area contributed by atoms with Gasteiger partial charge in [0.25, 0.3) is 0 Å². The summed E-state index contributed by atoms with van der Waals surface area (Å²) in [6, 6.07) is 5.85. The van der Waals surface area contributed by atoms with E-state index in [1.54, 1.807) is 0 Å². The number of nitrogens with two attached hydrogens (primary N) is 1. The smallest absolute Gasteiger partial charge is 0.0835 e. The highest BCUT2D eigenvalue weighted by atomic mass is 79.9. The van der Waals surface area contributed by atoms with Crippen LogP contribution in [0.25, 0.3) is 0 Å². The van der Waals surface area contributed by atoms with Crippen molar-refractivity contribution >= 4 is 21.6 Å². The Hall–Kier alpha value is -0.580. The predicted molar refractivity (Wildman–Crippen MR) is 62.6 cm³/mol. The van der Waals surface area contributed by atoms with E-state index in [1.807, 2.05) is 18.2 Å². The molecule has 4 heteroatoms. The quantitative estimate of drug-likeness (QED) is 0.859. The molecule has 0 aliphatic carbocycles. The third-order valence-corrected chi connectivity index (χ3v) is 2.96. The Kier molecular flexibility index (Phi) is 3.61. The van der Waals surface area contributed by atoms with Crippen molar-refractivity contribution in [1.82, 2.24) is 0 Å². The van der Waals surface area contributed by atoms with Crippen molar-refractivity contribution in [3.05, 3.63) is 28.2 Å². The number of benzene rings is 1. The highest BCUT2D eigenvalue weighted by molar-refractivity contribution is 9.10. The molecule has 0 amide bonds. The second-order valence-corrected chi connectivity index (χ2v) is 4.56. The van der Waals surface area contributed by atoms with Gasteiger partial charge in [0, 0.05) is 22.3 Å². The first-order valence-electron chi connectivity index (χ1n) is 4.99. The summed E-state index contributed by atoms with van der Waals surface area (Å²) < 4.78 is 11.9. The average Bonchev–Trinajstić information content (AvgIpc) is 2.69. The minimum atomic E-state index is 0.230. The Morgan fingerprint density at radius 3 is 3.07 bits per heavy atom. The molecular weight excluding hydrogens is 258 g/mol. The summed E-state index contributed by atoms with van der Waals surface area (Å²) in [7, 11) is 0. The maximum absolute atomic E-state index is 5.86. The third-order valence-electron chi connectivity index (χ3n) is 2.47. The van der Waals surface area contributed by atoms with Crippen molar-refractivity contribution in [3.8, 4) is 0 Å². The summed E-state index contributed by atoms with van der Waals surface area (Å²) in [6.45, 7) is 2.07. The van der Waals surface area contributed by atoms with Gasteiger partial charge in [0.2, 0.25) is 0 Å². The van der Waals surface area contributed by atoms with Gasteiger partial charge in [0.1, 0.15) is 0 Å². The van der Waals surface area contributed by atoms with Gasteiger partial charge in [-0.2, -0.15) is 0 Å². The van der Waals surface area contributed by atoms with Gasteiger partial charge in [-0.1, -0.05) is 22.0 Å². The highest BCUT2D eigenvalue weighted by Gasteiger charge is 2.16. The highest BCUT2D eigenvalue weighted by Crippen LogP contribution is 2.20. The number of hydrogen-bond acceptors (Lipinski definition) is 3. The van der Waals surface area contributed by atoms with Gasteiger partial charge in [-0.05, 0) is 18.6 Å². The fourth-order valence-electron chi connectivity index (χ4n) is 1.55. The molecule has 1 aliphatic heterocycles. The van der Waals surface area contributed by atoms with Gasteiger partial charge >= 0.3 is 0 Å². The Labute approximate surface area is 97.7 Å². The molecule has 1 aromatic carbocycles. The van der Waals surface area contributed by atoms with Crippen LogP contribution in [-0.2, 0) is 16.1 Å². The lowest BCUT2D eigenvalue weighted by Crippen LogP contribution is -2.12. The molecule has 2 N–H and O–H groups in total. The summed E-state index contributed by atoms with van der Waals surface area (Å²) in [4.78, 5) is 0. The van der Waals surface area contributed by atoms with Crippen LogP contribution in [0.4, 0.5) is 5.69 Å². The molecule has 1 fully saturated rings. The maximum atomic E-state index is 5.86. The molecule has 0 aromatic heterocycles. The minimum absolute atomic E-state index is 0.230. The zero-order chi connectivity index (χ0) is 10.7. The second-order valence-electron chi connectivity index (χ2n) is 3.64. The molecule has 1 saturated heterocycles. The standard InChI is InChI=1S/C11H14BrNO2/c12-9-2-1-8(11(13)5-9)6-15-10-3-4-14-7-10/h1-2,5,10H,3-4,6-7,13H2. The molecule has 2 rings (SSSR count). The van der Waals surface area contributed by atoms with Crippen LogP contribution in [0.1, 0.15) is 12.0 Å². The number of nitrogen functional groups attached to an aromatic ring is 1. The van der Waals surface area contributed by atoms with Gasteiger partial charge < -0.3 is 15.2 Å². The zero-order valence-electron chi connectivity index (χ0n) is 8.41. The molecule has 82 valence electrons. The van der Waals surface area contributed by atoms with Crippen molar-refractivity contribution in [3.63, 3.8) is 0 Å². The van der Waals surface area contributed by atoms with E-state index < -0.39 is 0 Å². The molecule has 0 radical (unpaired) electrons. The molecule has 3 nitrogen and oxygen atoms in total. The number of hydrogen-bond donors (Lipinski definition) is 1. The second kappa shape index (κ2) is 4.96. The largest absolute Gasteiger partial charge is 0.398 e. The van der Waals surface area contributed by atoms with Gasteiger partial charge in [0.15, 0.2) is 0 Å². The molecule has 1 atom stereocenters. The fraction of sp³-hybridized carbons (Fsp3) is 0.455. The summed E-state index contributed by atoms with van der Waals surface area (Å²) in [5, 5.41) is 0. The normalized spacial score (nSPS) is 20.7. The number of anilines is 1. The maximum Gasteiger partial charge on any atom is 0.0835 e. The van der Waals surface area contributed by atoms with Crippen LogP contribution in [0.3, 0.4) is 0 Å². The lowest BCUT2D eigenvalue weighted by Gasteiger charge is -2.11. The van der Waals surface area contributed by atoms with Crippen LogP contribution in [0.5, 0.6) is 0 Å². The lowest BCUT2D eigenvalue weighted by atomic mass is 10.2. The van der Waals surface area contributed by atoms with Crippen LogP contribution < -0.4 is 5.73 Å². The first-order chi connectivity index (χ1) is 7.25. The zero-order valence-corrected chi connectivity index (χ0v) is 10.00. The Bertz CT molecular complexity index is 337. The first kappa shape index (κ1) is 10.9. The monoisotopic (exact) mass is 271 g/mol. The van der Waals surface area contributed by atoms with E-state index in [0.29, 0.717) is 13.2 Å². The topological polar surface area (TPSA) is 44.5 Å². The molecule has 0 spiro atoms. The van der Waals surface area contributed by atoms with Crippen molar-refractivity contribution in [2.45, 2.75) is 19.1 Å². The van der Waals surface area contributed by atoms with E-state index in [0.717, 1.165) is 28.8 Å². The van der Waals surface area contributed by atoms with Gasteiger partial charge in [-0.3, -0.25) is 0 Å². The average molecular weight is 272 g/mol. The van der Waals surface area contributed by atoms with Gasteiger partial charge in [0.05, 0.1) is 19.3 Å². The lowest BCUT2D eigenvalue weighted by molar-refractivity contribution is 0.0320. The van der Waals surface area contributed by atoms with Crippen LogP contribution >= 0.6 is 15.9 Å². The van der Waals surface area contributed by atoms with Crippen molar-refractivity contribution in [2.24, 2.45) is 0 Å².